The summed E-state index contributed by atoms with van der Waals surface area (Å²) >= 11 is 6.20. The van der Waals surface area contributed by atoms with Gasteiger partial charge in [-0.1, -0.05) is 24.4 Å². The standard InChI is InChI=1S/C20H28ClN3O/c1-14-17-12-15(21)8-9-19(17)24(18(14)10-11-23(2)3)13-20(25)22-16-6-4-5-7-16/h8-9,12,16H,4-7,10-11,13H2,1-3H3,(H,22,25). The Morgan fingerprint density at radius 3 is 2.72 bits per heavy atom. The highest BCUT2D eigenvalue weighted by Gasteiger charge is 2.20. The maximum atomic E-state index is 12.6. The van der Waals surface area contributed by atoms with E-state index in [2.05, 4.69) is 35.8 Å². The molecule has 0 saturated heterocycles. The fraction of sp³-hybridized carbons (Fsp3) is 0.550. The van der Waals surface area contributed by atoms with Gasteiger partial charge in [-0.2, -0.15) is 0 Å². The highest BCUT2D eigenvalue weighted by Crippen LogP contribution is 2.29. The van der Waals surface area contributed by atoms with Crippen LogP contribution in [-0.4, -0.2) is 42.1 Å². The van der Waals surface area contributed by atoms with E-state index in [0.717, 1.165) is 41.7 Å². The molecule has 1 aliphatic carbocycles. The van der Waals surface area contributed by atoms with E-state index in [1.165, 1.54) is 24.1 Å². The Morgan fingerprint density at radius 2 is 2.04 bits per heavy atom. The first-order chi connectivity index (χ1) is 12.0. The summed E-state index contributed by atoms with van der Waals surface area (Å²) in [5.41, 5.74) is 3.55. The number of carbonyl (C=O) groups is 1. The molecule has 136 valence electrons. The van der Waals surface area contributed by atoms with Crippen molar-refractivity contribution in [3.63, 3.8) is 0 Å². The normalized spacial score (nSPS) is 15.4. The topological polar surface area (TPSA) is 37.3 Å². The molecule has 0 radical (unpaired) electrons. The lowest BCUT2D eigenvalue weighted by Crippen LogP contribution is -2.35. The Labute approximate surface area is 155 Å². The van der Waals surface area contributed by atoms with Gasteiger partial charge in [0, 0.05) is 40.6 Å². The molecule has 1 aromatic carbocycles. The lowest BCUT2D eigenvalue weighted by Gasteiger charge is -2.16. The molecule has 0 spiro atoms. The maximum absolute atomic E-state index is 12.6. The Balaban J connectivity index is 1.90. The number of rotatable bonds is 6. The minimum atomic E-state index is 0.116. The van der Waals surface area contributed by atoms with Crippen molar-refractivity contribution in [3.8, 4) is 0 Å². The van der Waals surface area contributed by atoms with Gasteiger partial charge in [0.2, 0.25) is 5.91 Å². The molecule has 0 atom stereocenters. The van der Waals surface area contributed by atoms with Crippen molar-refractivity contribution in [2.45, 2.75) is 51.6 Å². The number of hydrogen-bond donors (Lipinski definition) is 1. The van der Waals surface area contributed by atoms with Gasteiger partial charge in [0.25, 0.3) is 0 Å². The van der Waals surface area contributed by atoms with Gasteiger partial charge in [0.05, 0.1) is 0 Å². The van der Waals surface area contributed by atoms with Gasteiger partial charge in [-0.3, -0.25) is 4.79 Å². The molecule has 1 saturated carbocycles. The maximum Gasteiger partial charge on any atom is 0.240 e. The van der Waals surface area contributed by atoms with Gasteiger partial charge in [-0.05, 0) is 57.6 Å². The van der Waals surface area contributed by atoms with Crippen LogP contribution < -0.4 is 5.32 Å². The third-order valence-electron chi connectivity index (χ3n) is 5.23. The number of fused-ring (bicyclic) bond motifs is 1. The Hall–Kier alpha value is -1.52. The number of nitrogens with one attached hydrogen (secondary N) is 1. The summed E-state index contributed by atoms with van der Waals surface area (Å²) in [6, 6.07) is 6.31. The van der Waals surface area contributed by atoms with Crippen LogP contribution in [0.3, 0.4) is 0 Å². The van der Waals surface area contributed by atoms with Gasteiger partial charge >= 0.3 is 0 Å². The van der Waals surface area contributed by atoms with Crippen LogP contribution in [0.4, 0.5) is 0 Å². The van der Waals surface area contributed by atoms with Crippen molar-refractivity contribution in [3.05, 3.63) is 34.5 Å². The van der Waals surface area contributed by atoms with Crippen LogP contribution in [0.15, 0.2) is 18.2 Å². The average molecular weight is 362 g/mol. The third-order valence-corrected chi connectivity index (χ3v) is 5.47. The SMILES string of the molecule is Cc1c(CCN(C)C)n(CC(=O)NC2CCCC2)c2ccc(Cl)cc12. The van der Waals surface area contributed by atoms with Crippen molar-refractivity contribution in [1.29, 1.82) is 0 Å². The molecule has 1 amide bonds. The van der Waals surface area contributed by atoms with Crippen LogP contribution in [0.1, 0.15) is 36.9 Å². The summed E-state index contributed by atoms with van der Waals surface area (Å²) in [5, 5.41) is 5.09. The van der Waals surface area contributed by atoms with E-state index >= 15 is 0 Å². The predicted octanol–water partition coefficient (Wildman–Crippen LogP) is 3.77. The molecule has 0 aliphatic heterocycles. The van der Waals surface area contributed by atoms with Gasteiger partial charge in [0.15, 0.2) is 0 Å². The largest absolute Gasteiger partial charge is 0.352 e. The zero-order chi connectivity index (χ0) is 18.0. The molecule has 4 nitrogen and oxygen atoms in total. The lowest BCUT2D eigenvalue weighted by molar-refractivity contribution is -0.122. The molecule has 0 bridgehead atoms. The van der Waals surface area contributed by atoms with E-state index in [4.69, 9.17) is 11.6 Å². The Morgan fingerprint density at radius 1 is 1.32 bits per heavy atom. The van der Waals surface area contributed by atoms with Gasteiger partial charge < -0.3 is 14.8 Å². The molecular formula is C20H28ClN3O. The summed E-state index contributed by atoms with van der Waals surface area (Å²) in [4.78, 5) is 14.8. The van der Waals surface area contributed by atoms with Crippen molar-refractivity contribution in [2.24, 2.45) is 0 Å². The fourth-order valence-corrected chi connectivity index (χ4v) is 4.04. The minimum absolute atomic E-state index is 0.116. The van der Waals surface area contributed by atoms with E-state index in [1.807, 2.05) is 18.2 Å². The van der Waals surface area contributed by atoms with Crippen LogP contribution in [0, 0.1) is 6.92 Å². The summed E-state index contributed by atoms with van der Waals surface area (Å²) in [5.74, 6) is 0.116. The molecule has 3 rings (SSSR count). The van der Waals surface area contributed by atoms with Crippen LogP contribution in [-0.2, 0) is 17.8 Å². The molecule has 1 N–H and O–H groups in total. The second-order valence-corrected chi connectivity index (χ2v) is 7.86. The van der Waals surface area contributed by atoms with Gasteiger partial charge in [0.1, 0.15) is 6.54 Å². The first kappa shape index (κ1) is 18.3. The number of aryl methyl sites for hydroxylation is 1. The number of nitrogens with zero attached hydrogens (tertiary/aromatic N) is 2. The van der Waals surface area contributed by atoms with Crippen molar-refractivity contribution < 1.29 is 4.79 Å². The highest BCUT2D eigenvalue weighted by atomic mass is 35.5. The molecule has 1 aromatic heterocycles. The molecule has 1 fully saturated rings. The van der Waals surface area contributed by atoms with Crippen LogP contribution in [0.2, 0.25) is 5.02 Å². The first-order valence-electron chi connectivity index (χ1n) is 9.17. The summed E-state index contributed by atoms with van der Waals surface area (Å²) in [6.45, 7) is 3.47. The molecule has 1 aliphatic rings. The monoisotopic (exact) mass is 361 g/mol. The number of amides is 1. The van der Waals surface area contributed by atoms with E-state index in [-0.39, 0.29) is 5.91 Å². The average Bonchev–Trinajstić information content (AvgIpc) is 3.14. The summed E-state index contributed by atoms with van der Waals surface area (Å²) in [7, 11) is 4.15. The quantitative estimate of drug-likeness (QED) is 0.850. The zero-order valence-corrected chi connectivity index (χ0v) is 16.2. The third kappa shape index (κ3) is 4.18. The number of aromatic nitrogens is 1. The number of carbonyl (C=O) groups excluding carboxylic acids is 1. The summed E-state index contributed by atoms with van der Waals surface area (Å²) in [6.07, 6.45) is 5.59. The van der Waals surface area contributed by atoms with Crippen molar-refractivity contribution >= 4 is 28.4 Å². The van der Waals surface area contributed by atoms with Crippen molar-refractivity contribution in [2.75, 3.05) is 20.6 Å². The van der Waals surface area contributed by atoms with E-state index in [0.29, 0.717) is 12.6 Å². The molecule has 1 heterocycles. The van der Waals surface area contributed by atoms with Gasteiger partial charge in [-0.15, -0.1) is 0 Å². The Kier molecular flexibility index (Phi) is 5.70. The van der Waals surface area contributed by atoms with Crippen LogP contribution >= 0.6 is 11.6 Å². The smallest absolute Gasteiger partial charge is 0.240 e. The molecular weight excluding hydrogens is 334 g/mol. The number of halogens is 1. The minimum Gasteiger partial charge on any atom is -0.352 e. The zero-order valence-electron chi connectivity index (χ0n) is 15.4. The predicted molar refractivity (Wildman–Crippen MR) is 104 cm³/mol. The van der Waals surface area contributed by atoms with Crippen LogP contribution in [0.5, 0.6) is 0 Å². The number of likely N-dealkylation sites (N-methyl/N-ethyl adjacent to an activating group) is 1. The lowest BCUT2D eigenvalue weighted by atomic mass is 10.1. The number of benzene rings is 1. The second-order valence-electron chi connectivity index (χ2n) is 7.42. The molecule has 5 heteroatoms. The molecule has 2 aromatic rings. The van der Waals surface area contributed by atoms with E-state index < -0.39 is 0 Å². The second kappa shape index (κ2) is 7.79. The number of hydrogen-bond acceptors (Lipinski definition) is 2. The van der Waals surface area contributed by atoms with Crippen molar-refractivity contribution in [1.82, 2.24) is 14.8 Å². The van der Waals surface area contributed by atoms with Crippen LogP contribution in [0.25, 0.3) is 10.9 Å². The Bertz CT molecular complexity index is 760. The highest BCUT2D eigenvalue weighted by molar-refractivity contribution is 6.31. The fourth-order valence-electron chi connectivity index (χ4n) is 3.87. The summed E-state index contributed by atoms with van der Waals surface area (Å²) < 4.78 is 2.18. The van der Waals surface area contributed by atoms with E-state index in [9.17, 15) is 4.79 Å². The van der Waals surface area contributed by atoms with E-state index in [1.54, 1.807) is 0 Å². The molecule has 25 heavy (non-hydrogen) atoms. The first-order valence-corrected chi connectivity index (χ1v) is 9.55. The van der Waals surface area contributed by atoms with Gasteiger partial charge in [-0.25, -0.2) is 0 Å². The molecule has 0 unspecified atom stereocenters.